The number of nitrogens with one attached hydrogen (secondary N) is 1. The Kier molecular flexibility index (Phi) is 3.99. The molecule has 1 saturated heterocycles. The third kappa shape index (κ3) is 3.01. The van der Waals surface area contributed by atoms with Crippen LogP contribution >= 0.6 is 0 Å². The van der Waals surface area contributed by atoms with Crippen molar-refractivity contribution in [1.82, 2.24) is 10.1 Å². The summed E-state index contributed by atoms with van der Waals surface area (Å²) in [4.78, 5) is 14.5. The fourth-order valence-corrected chi connectivity index (χ4v) is 3.21. The lowest BCUT2D eigenvalue weighted by Gasteiger charge is -2.23. The van der Waals surface area contributed by atoms with Gasteiger partial charge in [0.15, 0.2) is 17.3 Å². The molecule has 2 amide bonds. The van der Waals surface area contributed by atoms with Gasteiger partial charge >= 0.3 is 6.03 Å². The van der Waals surface area contributed by atoms with Crippen LogP contribution in [0, 0.1) is 0 Å². The van der Waals surface area contributed by atoms with Gasteiger partial charge in [0.25, 0.3) is 0 Å². The van der Waals surface area contributed by atoms with E-state index >= 15 is 0 Å². The Hall–Kier alpha value is -2.70. The Morgan fingerprint density at radius 2 is 2.12 bits per heavy atom. The van der Waals surface area contributed by atoms with Crippen LogP contribution in [0.3, 0.4) is 0 Å². The van der Waals surface area contributed by atoms with E-state index in [9.17, 15) is 4.79 Å². The van der Waals surface area contributed by atoms with Crippen molar-refractivity contribution in [2.75, 3.05) is 18.7 Å². The molecule has 0 aliphatic carbocycles. The lowest BCUT2D eigenvalue weighted by molar-refractivity contribution is 0.174. The van der Waals surface area contributed by atoms with Crippen LogP contribution in [0.5, 0.6) is 11.5 Å². The summed E-state index contributed by atoms with van der Waals surface area (Å²) in [5.74, 6) is 2.39. The van der Waals surface area contributed by atoms with Gasteiger partial charge in [-0.3, -0.25) is 0 Å². The van der Waals surface area contributed by atoms with Gasteiger partial charge in [-0.1, -0.05) is 19.0 Å². The van der Waals surface area contributed by atoms with Crippen LogP contribution < -0.4 is 14.8 Å². The number of urea groups is 1. The summed E-state index contributed by atoms with van der Waals surface area (Å²) in [7, 11) is 0. The molecule has 1 aromatic heterocycles. The summed E-state index contributed by atoms with van der Waals surface area (Å²) in [6.07, 6.45) is 1.82. The van der Waals surface area contributed by atoms with Gasteiger partial charge in [0.2, 0.25) is 6.79 Å². The molecule has 2 aliphatic heterocycles. The number of amides is 2. The van der Waals surface area contributed by atoms with Gasteiger partial charge in [-0.15, -0.1) is 0 Å². The summed E-state index contributed by atoms with van der Waals surface area (Å²) in [5, 5.41) is 7.05. The number of carbonyl (C=O) groups is 1. The number of rotatable bonds is 3. The topological polar surface area (TPSA) is 76.8 Å². The number of likely N-dealkylation sites (tertiary alicyclic amines) is 1. The van der Waals surface area contributed by atoms with E-state index in [0.29, 0.717) is 29.6 Å². The quantitative estimate of drug-likeness (QED) is 0.915. The predicted octanol–water partition coefficient (Wildman–Crippen LogP) is 3.90. The molecule has 1 N–H and O–H groups in total. The van der Waals surface area contributed by atoms with Crippen LogP contribution in [0.15, 0.2) is 28.8 Å². The van der Waals surface area contributed by atoms with Crippen molar-refractivity contribution in [1.29, 1.82) is 0 Å². The molecular formula is C18H21N3O4. The highest BCUT2D eigenvalue weighted by atomic mass is 16.7. The van der Waals surface area contributed by atoms with E-state index in [1.807, 2.05) is 12.1 Å². The van der Waals surface area contributed by atoms with Crippen LogP contribution in [0.2, 0.25) is 0 Å². The minimum atomic E-state index is -0.149. The zero-order valence-electron chi connectivity index (χ0n) is 14.3. The highest BCUT2D eigenvalue weighted by Crippen LogP contribution is 2.36. The molecule has 7 heteroatoms. The SMILES string of the molecule is CC(C)c1cc([C@@H]2CCCN2C(=O)Nc2ccc3c(c2)OCO3)on1. The number of carbonyl (C=O) groups excluding carboxylic acids is 1. The second-order valence-corrected chi connectivity index (χ2v) is 6.66. The van der Waals surface area contributed by atoms with E-state index in [0.717, 1.165) is 24.3 Å². The summed E-state index contributed by atoms with van der Waals surface area (Å²) < 4.78 is 16.1. The molecule has 25 heavy (non-hydrogen) atoms. The average Bonchev–Trinajstić information content (AvgIpc) is 3.33. The molecule has 1 aromatic carbocycles. The van der Waals surface area contributed by atoms with Gasteiger partial charge in [0.1, 0.15) is 0 Å². The number of anilines is 1. The molecule has 7 nitrogen and oxygen atoms in total. The number of nitrogens with zero attached hydrogens (tertiary/aromatic N) is 2. The molecule has 0 unspecified atom stereocenters. The molecule has 0 spiro atoms. The first-order valence-corrected chi connectivity index (χ1v) is 8.55. The molecule has 1 fully saturated rings. The smallest absolute Gasteiger partial charge is 0.322 e. The third-order valence-electron chi connectivity index (χ3n) is 4.60. The fourth-order valence-electron chi connectivity index (χ4n) is 3.21. The second kappa shape index (κ2) is 6.31. The van der Waals surface area contributed by atoms with Crippen molar-refractivity contribution in [2.24, 2.45) is 0 Å². The average molecular weight is 343 g/mol. The maximum Gasteiger partial charge on any atom is 0.322 e. The Labute approximate surface area is 145 Å². The molecule has 3 heterocycles. The van der Waals surface area contributed by atoms with E-state index in [2.05, 4.69) is 24.3 Å². The minimum absolute atomic E-state index is 0.0750. The van der Waals surface area contributed by atoms with Crippen molar-refractivity contribution < 1.29 is 18.8 Å². The van der Waals surface area contributed by atoms with Crippen molar-refractivity contribution in [3.8, 4) is 11.5 Å². The van der Waals surface area contributed by atoms with Crippen molar-refractivity contribution >= 4 is 11.7 Å². The largest absolute Gasteiger partial charge is 0.454 e. The molecule has 2 aliphatic rings. The van der Waals surface area contributed by atoms with Crippen molar-refractivity contribution in [3.63, 3.8) is 0 Å². The second-order valence-electron chi connectivity index (χ2n) is 6.66. The van der Waals surface area contributed by atoms with Crippen LogP contribution in [0.4, 0.5) is 10.5 Å². The van der Waals surface area contributed by atoms with Gasteiger partial charge in [0.05, 0.1) is 11.7 Å². The predicted molar refractivity (Wildman–Crippen MR) is 90.9 cm³/mol. The van der Waals surface area contributed by atoms with Gasteiger partial charge < -0.3 is 24.2 Å². The van der Waals surface area contributed by atoms with Crippen LogP contribution in [-0.4, -0.2) is 29.4 Å². The van der Waals surface area contributed by atoms with Gasteiger partial charge in [-0.05, 0) is 30.9 Å². The van der Waals surface area contributed by atoms with Gasteiger partial charge in [0, 0.05) is 24.4 Å². The molecular weight excluding hydrogens is 322 g/mol. The minimum Gasteiger partial charge on any atom is -0.454 e. The maximum absolute atomic E-state index is 12.7. The van der Waals surface area contributed by atoms with E-state index < -0.39 is 0 Å². The number of ether oxygens (including phenoxy) is 2. The normalized spacial score (nSPS) is 18.8. The highest BCUT2D eigenvalue weighted by molar-refractivity contribution is 5.90. The van der Waals surface area contributed by atoms with Crippen LogP contribution in [0.1, 0.15) is 50.1 Å². The Balaban J connectivity index is 1.48. The number of benzene rings is 1. The Morgan fingerprint density at radius 1 is 1.28 bits per heavy atom. The number of hydrogen-bond acceptors (Lipinski definition) is 5. The fraction of sp³-hybridized carbons (Fsp3) is 0.444. The van der Waals surface area contributed by atoms with Crippen molar-refractivity contribution in [3.05, 3.63) is 35.7 Å². The van der Waals surface area contributed by atoms with E-state index in [1.165, 1.54) is 0 Å². The van der Waals surface area contributed by atoms with Crippen LogP contribution in [0.25, 0.3) is 0 Å². The number of aromatic nitrogens is 1. The first-order chi connectivity index (χ1) is 12.1. The highest BCUT2D eigenvalue weighted by Gasteiger charge is 2.33. The molecule has 132 valence electrons. The zero-order valence-corrected chi connectivity index (χ0v) is 14.3. The molecule has 0 bridgehead atoms. The van der Waals surface area contributed by atoms with Crippen molar-refractivity contribution in [2.45, 2.75) is 38.6 Å². The number of fused-ring (bicyclic) bond motifs is 1. The molecule has 4 rings (SSSR count). The van der Waals surface area contributed by atoms with E-state index in [4.69, 9.17) is 14.0 Å². The third-order valence-corrected chi connectivity index (χ3v) is 4.60. The van der Waals surface area contributed by atoms with Crippen LogP contribution in [-0.2, 0) is 0 Å². The monoisotopic (exact) mass is 343 g/mol. The first kappa shape index (κ1) is 15.8. The Bertz CT molecular complexity index is 786. The Morgan fingerprint density at radius 3 is 2.92 bits per heavy atom. The van der Waals surface area contributed by atoms with E-state index in [-0.39, 0.29) is 18.9 Å². The lowest BCUT2D eigenvalue weighted by atomic mass is 10.1. The molecule has 1 atom stereocenters. The summed E-state index contributed by atoms with van der Waals surface area (Å²) >= 11 is 0. The lowest BCUT2D eigenvalue weighted by Crippen LogP contribution is -2.34. The van der Waals surface area contributed by atoms with Gasteiger partial charge in [-0.25, -0.2) is 4.79 Å². The zero-order chi connectivity index (χ0) is 17.4. The number of hydrogen-bond donors (Lipinski definition) is 1. The molecule has 0 saturated carbocycles. The molecule has 2 aromatic rings. The standard InChI is InChI=1S/C18H21N3O4/c1-11(2)13-9-16(25-20-13)14-4-3-7-21(14)18(22)19-12-5-6-15-17(8-12)24-10-23-15/h5-6,8-9,11,14H,3-4,7,10H2,1-2H3,(H,19,22)/t14-/m0/s1. The first-order valence-electron chi connectivity index (χ1n) is 8.55. The summed E-state index contributed by atoms with van der Waals surface area (Å²) in [6, 6.07) is 7.11. The van der Waals surface area contributed by atoms with Gasteiger partial charge in [-0.2, -0.15) is 0 Å². The van der Waals surface area contributed by atoms with E-state index in [1.54, 1.807) is 17.0 Å². The molecule has 0 radical (unpaired) electrons. The summed E-state index contributed by atoms with van der Waals surface area (Å²) in [6.45, 7) is 5.05. The summed E-state index contributed by atoms with van der Waals surface area (Å²) in [5.41, 5.74) is 1.60. The maximum atomic E-state index is 12.7.